The van der Waals surface area contributed by atoms with Gasteiger partial charge < -0.3 is 4.90 Å². The van der Waals surface area contributed by atoms with E-state index in [0.29, 0.717) is 0 Å². The highest BCUT2D eigenvalue weighted by molar-refractivity contribution is 5.63. The minimum atomic E-state index is 0.243. The van der Waals surface area contributed by atoms with Crippen molar-refractivity contribution in [3.63, 3.8) is 0 Å². The minimum absolute atomic E-state index is 0.243. The van der Waals surface area contributed by atoms with Crippen LogP contribution in [0.15, 0.2) is 24.3 Å². The van der Waals surface area contributed by atoms with E-state index < -0.39 is 0 Å². The van der Waals surface area contributed by atoms with Crippen molar-refractivity contribution in [2.45, 2.75) is 64.0 Å². The topological polar surface area (TPSA) is 3.24 Å². The van der Waals surface area contributed by atoms with Gasteiger partial charge in [0.05, 0.1) is 0 Å². The Morgan fingerprint density at radius 3 is 2.53 bits per heavy atom. The molecule has 92 valence electrons. The zero-order chi connectivity index (χ0) is 12.0. The van der Waals surface area contributed by atoms with Gasteiger partial charge in [-0.25, -0.2) is 0 Å². The molecule has 1 aliphatic heterocycles. The Morgan fingerprint density at radius 2 is 1.76 bits per heavy atom. The number of nitrogens with zero attached hydrogens (tertiary/aromatic N) is 1. The highest BCUT2D eigenvalue weighted by Crippen LogP contribution is 2.50. The van der Waals surface area contributed by atoms with Crippen molar-refractivity contribution >= 4 is 5.69 Å². The molecule has 17 heavy (non-hydrogen) atoms. The molecule has 1 aromatic carbocycles. The number of benzene rings is 1. The standard InChI is InChI=1S/C16H23N/c1-16(2,3)17-14-10-6-4-8-12(14)13-9-5-7-11-15(13)17/h4,6,8,10,13,15H,5,7,9,11H2,1-3H3. The van der Waals surface area contributed by atoms with E-state index in [-0.39, 0.29) is 5.54 Å². The predicted molar refractivity (Wildman–Crippen MR) is 73.7 cm³/mol. The number of hydrogen-bond acceptors (Lipinski definition) is 1. The summed E-state index contributed by atoms with van der Waals surface area (Å²) in [5.41, 5.74) is 3.34. The van der Waals surface area contributed by atoms with E-state index in [1.165, 1.54) is 31.4 Å². The molecule has 0 spiro atoms. The molecule has 1 nitrogen and oxygen atoms in total. The van der Waals surface area contributed by atoms with Crippen LogP contribution in [0.3, 0.4) is 0 Å². The van der Waals surface area contributed by atoms with Crippen LogP contribution in [-0.4, -0.2) is 11.6 Å². The van der Waals surface area contributed by atoms with E-state index in [4.69, 9.17) is 0 Å². The molecule has 2 atom stereocenters. The van der Waals surface area contributed by atoms with E-state index in [1.54, 1.807) is 5.56 Å². The number of rotatable bonds is 0. The van der Waals surface area contributed by atoms with Gasteiger partial charge in [-0.1, -0.05) is 31.0 Å². The first-order chi connectivity index (χ1) is 8.09. The van der Waals surface area contributed by atoms with Crippen molar-refractivity contribution in [2.75, 3.05) is 4.90 Å². The molecule has 3 rings (SSSR count). The summed E-state index contributed by atoms with van der Waals surface area (Å²) >= 11 is 0. The van der Waals surface area contributed by atoms with E-state index in [9.17, 15) is 0 Å². The zero-order valence-corrected chi connectivity index (χ0v) is 11.2. The molecule has 0 N–H and O–H groups in total. The second-order valence-electron chi connectivity index (χ2n) is 6.56. The van der Waals surface area contributed by atoms with Crippen LogP contribution in [0.1, 0.15) is 57.9 Å². The summed E-state index contributed by atoms with van der Waals surface area (Å²) in [5.74, 6) is 0.791. The first kappa shape index (κ1) is 11.1. The van der Waals surface area contributed by atoms with Crippen molar-refractivity contribution < 1.29 is 0 Å². The van der Waals surface area contributed by atoms with Crippen LogP contribution in [0.2, 0.25) is 0 Å². The maximum absolute atomic E-state index is 2.69. The van der Waals surface area contributed by atoms with Crippen LogP contribution < -0.4 is 4.90 Å². The van der Waals surface area contributed by atoms with Gasteiger partial charge in [0.25, 0.3) is 0 Å². The molecule has 2 unspecified atom stereocenters. The Labute approximate surface area is 105 Å². The third-order valence-electron chi connectivity index (χ3n) is 4.38. The van der Waals surface area contributed by atoms with Gasteiger partial charge in [0.1, 0.15) is 0 Å². The van der Waals surface area contributed by atoms with E-state index >= 15 is 0 Å². The maximum atomic E-state index is 2.69. The summed E-state index contributed by atoms with van der Waals surface area (Å²) in [4.78, 5) is 2.69. The molecule has 0 amide bonds. The Morgan fingerprint density at radius 1 is 1.06 bits per heavy atom. The fourth-order valence-electron chi connectivity index (χ4n) is 3.84. The van der Waals surface area contributed by atoms with Gasteiger partial charge in [0.2, 0.25) is 0 Å². The summed E-state index contributed by atoms with van der Waals surface area (Å²) < 4.78 is 0. The molecule has 2 aliphatic rings. The van der Waals surface area contributed by atoms with Gasteiger partial charge in [-0.2, -0.15) is 0 Å². The largest absolute Gasteiger partial charge is 0.363 e. The van der Waals surface area contributed by atoms with Crippen LogP contribution in [0, 0.1) is 0 Å². The third kappa shape index (κ3) is 1.67. The third-order valence-corrected chi connectivity index (χ3v) is 4.38. The van der Waals surface area contributed by atoms with Crippen molar-refractivity contribution in [3.8, 4) is 0 Å². The van der Waals surface area contributed by atoms with Gasteiger partial charge in [-0.15, -0.1) is 0 Å². The predicted octanol–water partition coefficient (Wildman–Crippen LogP) is 4.33. The quantitative estimate of drug-likeness (QED) is 0.640. The van der Waals surface area contributed by atoms with Gasteiger partial charge in [-0.3, -0.25) is 0 Å². The fourth-order valence-corrected chi connectivity index (χ4v) is 3.84. The number of para-hydroxylation sites is 1. The Balaban J connectivity index is 2.09. The molecule has 0 radical (unpaired) electrons. The molecule has 1 heteroatoms. The molecule has 0 aromatic heterocycles. The molecule has 1 saturated carbocycles. The first-order valence-electron chi connectivity index (χ1n) is 6.97. The molecule has 1 aromatic rings. The summed E-state index contributed by atoms with van der Waals surface area (Å²) in [6, 6.07) is 9.82. The first-order valence-corrected chi connectivity index (χ1v) is 6.97. The highest BCUT2D eigenvalue weighted by Gasteiger charge is 2.43. The van der Waals surface area contributed by atoms with Crippen molar-refractivity contribution in [1.29, 1.82) is 0 Å². The van der Waals surface area contributed by atoms with Crippen LogP contribution >= 0.6 is 0 Å². The van der Waals surface area contributed by atoms with E-state index in [1.807, 2.05) is 0 Å². The van der Waals surface area contributed by atoms with Crippen molar-refractivity contribution in [1.82, 2.24) is 0 Å². The van der Waals surface area contributed by atoms with Gasteiger partial charge in [0.15, 0.2) is 0 Å². The van der Waals surface area contributed by atoms with E-state index in [2.05, 4.69) is 49.9 Å². The molecular formula is C16H23N. The molecule has 0 saturated heterocycles. The minimum Gasteiger partial charge on any atom is -0.363 e. The zero-order valence-electron chi connectivity index (χ0n) is 11.2. The lowest BCUT2D eigenvalue weighted by Gasteiger charge is -2.42. The average Bonchev–Trinajstić information content (AvgIpc) is 2.63. The molecule has 0 bridgehead atoms. The van der Waals surface area contributed by atoms with Crippen LogP contribution in [0.4, 0.5) is 5.69 Å². The molecule has 1 heterocycles. The highest BCUT2D eigenvalue weighted by atomic mass is 15.2. The average molecular weight is 229 g/mol. The fraction of sp³-hybridized carbons (Fsp3) is 0.625. The second kappa shape index (κ2) is 3.76. The summed E-state index contributed by atoms with van der Waals surface area (Å²) in [5, 5.41) is 0. The molecule has 1 fully saturated rings. The molecule has 1 aliphatic carbocycles. The smallest absolute Gasteiger partial charge is 0.0409 e. The van der Waals surface area contributed by atoms with Crippen LogP contribution in [0.5, 0.6) is 0 Å². The van der Waals surface area contributed by atoms with Gasteiger partial charge in [-0.05, 0) is 45.2 Å². The maximum Gasteiger partial charge on any atom is 0.0409 e. The normalized spacial score (nSPS) is 27.8. The van der Waals surface area contributed by atoms with Gasteiger partial charge in [0, 0.05) is 23.2 Å². The Hall–Kier alpha value is -0.980. The number of hydrogen-bond donors (Lipinski definition) is 0. The molecular weight excluding hydrogens is 206 g/mol. The Kier molecular flexibility index (Phi) is 2.46. The van der Waals surface area contributed by atoms with Crippen molar-refractivity contribution in [3.05, 3.63) is 29.8 Å². The summed E-state index contributed by atoms with van der Waals surface area (Å²) in [6.45, 7) is 7.04. The number of fused-ring (bicyclic) bond motifs is 3. The van der Waals surface area contributed by atoms with Crippen LogP contribution in [-0.2, 0) is 0 Å². The lowest BCUT2D eigenvalue weighted by Crippen LogP contribution is -2.48. The summed E-state index contributed by atoms with van der Waals surface area (Å²) in [7, 11) is 0. The number of anilines is 1. The van der Waals surface area contributed by atoms with Gasteiger partial charge >= 0.3 is 0 Å². The lowest BCUT2D eigenvalue weighted by atomic mass is 9.82. The van der Waals surface area contributed by atoms with Crippen molar-refractivity contribution in [2.24, 2.45) is 0 Å². The SMILES string of the molecule is CC(C)(C)N1c2ccccc2C2CCCCC21. The summed E-state index contributed by atoms with van der Waals surface area (Å²) in [6.07, 6.45) is 5.57. The lowest BCUT2D eigenvalue weighted by molar-refractivity contribution is 0.341. The monoisotopic (exact) mass is 229 g/mol. The second-order valence-corrected chi connectivity index (χ2v) is 6.56. The van der Waals surface area contributed by atoms with Crippen LogP contribution in [0.25, 0.3) is 0 Å². The van der Waals surface area contributed by atoms with E-state index in [0.717, 1.165) is 12.0 Å². The Bertz CT molecular complexity index is 416.